The van der Waals surface area contributed by atoms with Crippen LogP contribution in [-0.4, -0.2) is 20.1 Å². The van der Waals surface area contributed by atoms with Crippen LogP contribution < -0.4 is 11.2 Å². The minimum atomic E-state index is 0.280. The maximum Gasteiger partial charge on any atom is 0.212 e. The molecule has 0 aliphatic heterocycles. The van der Waals surface area contributed by atoms with Crippen molar-refractivity contribution in [2.24, 2.45) is 10.7 Å². The van der Waals surface area contributed by atoms with Crippen molar-refractivity contribution in [2.75, 3.05) is 14.2 Å². The predicted molar refractivity (Wildman–Crippen MR) is 27.7 cm³/mol. The van der Waals surface area contributed by atoms with E-state index in [9.17, 15) is 0 Å². The quantitative estimate of drug-likeness (QED) is 0.256. The Labute approximate surface area is 42.3 Å². The zero-order valence-electron chi connectivity index (χ0n) is 4.43. The van der Waals surface area contributed by atoms with Gasteiger partial charge >= 0.3 is 0 Å². The molecule has 0 unspecified atom stereocenters. The predicted octanol–water partition coefficient (Wildman–Crippen LogP) is -0.918. The molecule has 4 heteroatoms. The molecule has 0 rings (SSSR count). The van der Waals surface area contributed by atoms with Crippen LogP contribution in [0.3, 0.4) is 0 Å². The van der Waals surface area contributed by atoms with Crippen molar-refractivity contribution < 1.29 is 4.84 Å². The third kappa shape index (κ3) is 3.05. The van der Waals surface area contributed by atoms with Gasteiger partial charge in [-0.25, -0.2) is 5.48 Å². The van der Waals surface area contributed by atoms with Crippen molar-refractivity contribution in [3.05, 3.63) is 0 Å². The van der Waals surface area contributed by atoms with Crippen LogP contribution in [0.15, 0.2) is 4.99 Å². The topological polar surface area (TPSA) is 59.6 Å². The van der Waals surface area contributed by atoms with E-state index in [-0.39, 0.29) is 5.96 Å². The highest BCUT2D eigenvalue weighted by molar-refractivity contribution is 5.76. The first-order valence-corrected chi connectivity index (χ1v) is 1.82. The summed E-state index contributed by atoms with van der Waals surface area (Å²) in [6.07, 6.45) is 0. The summed E-state index contributed by atoms with van der Waals surface area (Å²) in [5.41, 5.74) is 7.42. The summed E-state index contributed by atoms with van der Waals surface area (Å²) in [5.74, 6) is 0.280. The van der Waals surface area contributed by atoms with Gasteiger partial charge in [-0.3, -0.25) is 9.83 Å². The zero-order valence-corrected chi connectivity index (χ0v) is 4.43. The standard InChI is InChI=1S/C3H9N3O/c1-5-3(4)6-7-2/h1-2H3,(H3,4,5,6). The Hall–Kier alpha value is -0.770. The third-order valence-corrected chi connectivity index (χ3v) is 0.448. The van der Waals surface area contributed by atoms with Gasteiger partial charge in [-0.1, -0.05) is 0 Å². The van der Waals surface area contributed by atoms with Gasteiger partial charge in [-0.05, 0) is 0 Å². The first-order valence-electron chi connectivity index (χ1n) is 1.82. The highest BCUT2D eigenvalue weighted by atomic mass is 16.6. The lowest BCUT2D eigenvalue weighted by molar-refractivity contribution is 0.143. The van der Waals surface area contributed by atoms with Crippen LogP contribution in [-0.2, 0) is 4.84 Å². The summed E-state index contributed by atoms with van der Waals surface area (Å²) in [7, 11) is 3.04. The Morgan fingerprint density at radius 3 is 2.57 bits per heavy atom. The zero-order chi connectivity index (χ0) is 5.70. The molecule has 7 heavy (non-hydrogen) atoms. The molecule has 3 N–H and O–H groups in total. The van der Waals surface area contributed by atoms with Gasteiger partial charge in [0, 0.05) is 7.05 Å². The van der Waals surface area contributed by atoms with Gasteiger partial charge in [0.2, 0.25) is 5.96 Å². The first kappa shape index (κ1) is 6.23. The average molecular weight is 103 g/mol. The van der Waals surface area contributed by atoms with Crippen molar-refractivity contribution in [2.45, 2.75) is 0 Å². The number of hydrogen-bond donors (Lipinski definition) is 2. The van der Waals surface area contributed by atoms with Gasteiger partial charge in [0.25, 0.3) is 0 Å². The molecule has 0 saturated carbocycles. The van der Waals surface area contributed by atoms with Gasteiger partial charge in [-0.2, -0.15) is 0 Å². The highest BCUT2D eigenvalue weighted by Gasteiger charge is 1.78. The van der Waals surface area contributed by atoms with E-state index in [1.165, 1.54) is 7.11 Å². The van der Waals surface area contributed by atoms with Crippen LogP contribution in [0, 0.1) is 0 Å². The summed E-state index contributed by atoms with van der Waals surface area (Å²) < 4.78 is 0. The van der Waals surface area contributed by atoms with E-state index < -0.39 is 0 Å². The van der Waals surface area contributed by atoms with Crippen molar-refractivity contribution in [3.8, 4) is 0 Å². The Bertz CT molecular complexity index is 70.6. The Morgan fingerprint density at radius 1 is 1.86 bits per heavy atom. The van der Waals surface area contributed by atoms with Crippen LogP contribution in [0.5, 0.6) is 0 Å². The van der Waals surface area contributed by atoms with E-state index in [4.69, 9.17) is 5.73 Å². The summed E-state index contributed by atoms with van der Waals surface area (Å²) in [6.45, 7) is 0. The highest BCUT2D eigenvalue weighted by Crippen LogP contribution is 1.54. The Kier molecular flexibility index (Phi) is 3.04. The molecule has 0 atom stereocenters. The molecule has 42 valence electrons. The summed E-state index contributed by atoms with van der Waals surface area (Å²) in [4.78, 5) is 7.93. The number of nitrogens with one attached hydrogen (secondary N) is 1. The molecule has 0 radical (unpaired) electrons. The van der Waals surface area contributed by atoms with E-state index in [1.807, 2.05) is 0 Å². The summed E-state index contributed by atoms with van der Waals surface area (Å²) in [6, 6.07) is 0. The van der Waals surface area contributed by atoms with Crippen LogP contribution in [0.4, 0.5) is 0 Å². The molecule has 0 saturated heterocycles. The van der Waals surface area contributed by atoms with Crippen molar-refractivity contribution in [1.82, 2.24) is 5.48 Å². The van der Waals surface area contributed by atoms with Crippen molar-refractivity contribution >= 4 is 5.96 Å². The smallest absolute Gasteiger partial charge is 0.212 e. The largest absolute Gasteiger partial charge is 0.368 e. The van der Waals surface area contributed by atoms with E-state index >= 15 is 0 Å². The Balaban J connectivity index is 3.17. The molecule has 0 spiro atoms. The average Bonchev–Trinajstić information content (AvgIpc) is 1.68. The van der Waals surface area contributed by atoms with Crippen molar-refractivity contribution in [1.29, 1.82) is 0 Å². The number of hydroxylamine groups is 1. The van der Waals surface area contributed by atoms with Gasteiger partial charge in [0.05, 0.1) is 7.11 Å². The molecular formula is C3H9N3O. The maximum absolute atomic E-state index is 5.10. The molecule has 0 aromatic rings. The van der Waals surface area contributed by atoms with E-state index in [2.05, 4.69) is 15.3 Å². The second kappa shape index (κ2) is 3.42. The number of hydrogen-bond acceptors (Lipinski definition) is 2. The fourth-order valence-corrected chi connectivity index (χ4v) is 0.150. The second-order valence-corrected chi connectivity index (χ2v) is 0.915. The fraction of sp³-hybridized carbons (Fsp3) is 0.667. The number of aliphatic imine (C=N–C) groups is 1. The first-order chi connectivity index (χ1) is 3.31. The monoisotopic (exact) mass is 103 g/mol. The van der Waals surface area contributed by atoms with Gasteiger partial charge in [0.1, 0.15) is 0 Å². The summed E-state index contributed by atoms with van der Waals surface area (Å²) in [5, 5.41) is 0. The molecule has 0 heterocycles. The lowest BCUT2D eigenvalue weighted by atomic mass is 11.0. The maximum atomic E-state index is 5.10. The lowest BCUT2D eigenvalue weighted by Gasteiger charge is -1.96. The number of rotatable bonds is 1. The molecule has 0 fully saturated rings. The normalized spacial score (nSPS) is 11.4. The second-order valence-electron chi connectivity index (χ2n) is 0.915. The SMILES string of the molecule is CN=C(N)NOC. The molecule has 0 aromatic carbocycles. The van der Waals surface area contributed by atoms with Crippen LogP contribution in [0.25, 0.3) is 0 Å². The molecule has 0 aromatic heterocycles. The minimum Gasteiger partial charge on any atom is -0.368 e. The van der Waals surface area contributed by atoms with Gasteiger partial charge in [0.15, 0.2) is 0 Å². The van der Waals surface area contributed by atoms with Crippen LogP contribution in [0.2, 0.25) is 0 Å². The van der Waals surface area contributed by atoms with Crippen LogP contribution in [0.1, 0.15) is 0 Å². The van der Waals surface area contributed by atoms with Gasteiger partial charge in [-0.15, -0.1) is 0 Å². The molecule has 0 bridgehead atoms. The third-order valence-electron chi connectivity index (χ3n) is 0.448. The van der Waals surface area contributed by atoms with E-state index in [0.29, 0.717) is 0 Å². The summed E-state index contributed by atoms with van der Waals surface area (Å²) >= 11 is 0. The van der Waals surface area contributed by atoms with E-state index in [1.54, 1.807) is 7.05 Å². The number of nitrogens with zero attached hydrogens (tertiary/aromatic N) is 1. The van der Waals surface area contributed by atoms with Crippen LogP contribution >= 0.6 is 0 Å². The number of nitrogens with two attached hydrogens (primary N) is 1. The lowest BCUT2D eigenvalue weighted by Crippen LogP contribution is -2.30. The van der Waals surface area contributed by atoms with E-state index in [0.717, 1.165) is 0 Å². The molecule has 4 nitrogen and oxygen atoms in total. The number of guanidine groups is 1. The van der Waals surface area contributed by atoms with Crippen molar-refractivity contribution in [3.63, 3.8) is 0 Å². The minimum absolute atomic E-state index is 0.280. The van der Waals surface area contributed by atoms with Gasteiger partial charge < -0.3 is 5.73 Å². The molecule has 0 aliphatic rings. The fourth-order valence-electron chi connectivity index (χ4n) is 0.150. The molecular weight excluding hydrogens is 94.1 g/mol. The molecule has 0 aliphatic carbocycles. The Morgan fingerprint density at radius 2 is 2.43 bits per heavy atom. The molecule has 0 amide bonds.